The molecule has 0 spiro atoms. The van der Waals surface area contributed by atoms with E-state index in [4.69, 9.17) is 4.74 Å². The van der Waals surface area contributed by atoms with Crippen molar-refractivity contribution in [3.8, 4) is 17.0 Å². The van der Waals surface area contributed by atoms with Crippen molar-refractivity contribution in [3.63, 3.8) is 0 Å². The molecule has 2 heterocycles. The summed E-state index contributed by atoms with van der Waals surface area (Å²) in [5.41, 5.74) is 3.65. The molecule has 1 aliphatic carbocycles. The summed E-state index contributed by atoms with van der Waals surface area (Å²) in [6, 6.07) is 16.2. The first-order valence-electron chi connectivity index (χ1n) is 10.8. The Balaban J connectivity index is 1.49. The second-order valence-corrected chi connectivity index (χ2v) is 8.55. The number of pyridine rings is 1. The highest BCUT2D eigenvalue weighted by molar-refractivity contribution is 6.08. The van der Waals surface area contributed by atoms with Gasteiger partial charge in [0.2, 0.25) is 0 Å². The number of hydrogen-bond donors (Lipinski definition) is 2. The number of benzene rings is 2. The van der Waals surface area contributed by atoms with Crippen LogP contribution in [0.3, 0.4) is 0 Å². The van der Waals surface area contributed by atoms with Crippen LogP contribution in [0, 0.1) is 12.8 Å². The van der Waals surface area contributed by atoms with Crippen LogP contribution in [0.15, 0.2) is 60.8 Å². The fraction of sp³-hybridized carbons (Fsp3) is 0.231. The highest BCUT2D eigenvalue weighted by Gasteiger charge is 2.51. The Labute approximate surface area is 191 Å². The number of urea groups is 1. The van der Waals surface area contributed by atoms with Crippen LogP contribution >= 0.6 is 0 Å². The molecule has 7 heteroatoms. The number of carbonyl (C=O) groups is 3. The fourth-order valence-electron chi connectivity index (χ4n) is 4.86. The molecule has 1 fully saturated rings. The smallest absolute Gasteiger partial charge is 0.322 e. The molecule has 2 aliphatic rings. The molecule has 3 amide bonds. The molecule has 0 radical (unpaired) electrons. The summed E-state index contributed by atoms with van der Waals surface area (Å²) in [5.74, 6) is -0.313. The number of imide groups is 1. The molecule has 3 aromatic rings. The molecule has 1 aromatic heterocycles. The molecule has 2 aromatic carbocycles. The summed E-state index contributed by atoms with van der Waals surface area (Å²) >= 11 is 0. The highest BCUT2D eigenvalue weighted by atomic mass is 16.5. The van der Waals surface area contributed by atoms with E-state index < -0.39 is 23.4 Å². The third kappa shape index (κ3) is 3.46. The molecular formula is C26H23N3O4. The van der Waals surface area contributed by atoms with E-state index in [0.717, 1.165) is 22.4 Å². The van der Waals surface area contributed by atoms with Crippen molar-refractivity contribution in [2.75, 3.05) is 7.11 Å². The molecule has 7 nitrogen and oxygen atoms in total. The second-order valence-electron chi connectivity index (χ2n) is 8.55. The molecule has 0 saturated carbocycles. The Bertz CT molecular complexity index is 1280. The quantitative estimate of drug-likeness (QED) is 0.590. The minimum absolute atomic E-state index is 0.0436. The molecule has 1 aliphatic heterocycles. The van der Waals surface area contributed by atoms with Crippen LogP contribution in [0.2, 0.25) is 0 Å². The summed E-state index contributed by atoms with van der Waals surface area (Å²) in [4.78, 5) is 42.9. The largest absolute Gasteiger partial charge is 0.497 e. The van der Waals surface area contributed by atoms with Gasteiger partial charge in [-0.1, -0.05) is 36.4 Å². The Hall–Kier alpha value is -4.00. The number of hydrogen-bond acceptors (Lipinski definition) is 5. The number of nitrogens with zero attached hydrogens (tertiary/aromatic N) is 1. The average molecular weight is 441 g/mol. The molecule has 1 saturated heterocycles. The van der Waals surface area contributed by atoms with E-state index in [1.165, 1.54) is 0 Å². The number of methoxy groups -OCH3 is 1. The standard InChI is InChI=1S/C26H23N3O4/c1-15-4-3-11-27-22(15)16-5-8-19(9-6-16)26(24(31)28-25(32)29-26)14-18-12-17-7-10-20(33-2)13-21(17)23(18)30/h3-11,13,18H,12,14H2,1-2H3,(H2,28,29,31,32)/t18?,26-/m0/s1. The zero-order valence-corrected chi connectivity index (χ0v) is 18.3. The Kier molecular flexibility index (Phi) is 4.96. The molecule has 5 rings (SSSR count). The first-order chi connectivity index (χ1) is 15.9. The number of aromatic nitrogens is 1. The van der Waals surface area contributed by atoms with Gasteiger partial charge in [-0.15, -0.1) is 0 Å². The maximum Gasteiger partial charge on any atom is 0.322 e. The third-order valence-corrected chi connectivity index (χ3v) is 6.57. The monoisotopic (exact) mass is 441 g/mol. The van der Waals surface area contributed by atoms with Crippen LogP contribution in [-0.2, 0) is 16.8 Å². The molecule has 1 unspecified atom stereocenters. The van der Waals surface area contributed by atoms with Gasteiger partial charge in [0.1, 0.15) is 11.3 Å². The lowest BCUT2D eigenvalue weighted by Gasteiger charge is -2.29. The van der Waals surface area contributed by atoms with Crippen LogP contribution < -0.4 is 15.4 Å². The van der Waals surface area contributed by atoms with Crippen LogP contribution in [0.5, 0.6) is 5.75 Å². The summed E-state index contributed by atoms with van der Waals surface area (Å²) in [5, 5.41) is 5.17. The van der Waals surface area contributed by atoms with E-state index in [0.29, 0.717) is 23.3 Å². The maximum atomic E-state index is 13.2. The van der Waals surface area contributed by atoms with Crippen molar-refractivity contribution in [1.29, 1.82) is 0 Å². The van der Waals surface area contributed by atoms with Gasteiger partial charge in [-0.2, -0.15) is 0 Å². The number of carbonyl (C=O) groups excluding carboxylic acids is 3. The Morgan fingerprint density at radius 1 is 1.09 bits per heavy atom. The third-order valence-electron chi connectivity index (χ3n) is 6.57. The van der Waals surface area contributed by atoms with Crippen molar-refractivity contribution < 1.29 is 19.1 Å². The summed E-state index contributed by atoms with van der Waals surface area (Å²) in [6.07, 6.45) is 2.41. The summed E-state index contributed by atoms with van der Waals surface area (Å²) in [6.45, 7) is 1.99. The number of ketones is 1. The lowest BCUT2D eigenvalue weighted by atomic mass is 9.79. The van der Waals surface area contributed by atoms with E-state index in [2.05, 4.69) is 15.6 Å². The van der Waals surface area contributed by atoms with Crippen molar-refractivity contribution in [2.45, 2.75) is 25.3 Å². The Morgan fingerprint density at radius 3 is 2.55 bits per heavy atom. The first-order valence-corrected chi connectivity index (χ1v) is 10.8. The maximum absolute atomic E-state index is 13.2. The van der Waals surface area contributed by atoms with Crippen molar-refractivity contribution >= 4 is 17.7 Å². The molecule has 2 N–H and O–H groups in total. The average Bonchev–Trinajstić information content (AvgIpc) is 3.29. The number of aryl methyl sites for hydroxylation is 1. The van der Waals surface area contributed by atoms with Gasteiger partial charge in [0.05, 0.1) is 12.8 Å². The molecule has 2 atom stereocenters. The van der Waals surface area contributed by atoms with E-state index in [-0.39, 0.29) is 12.2 Å². The van der Waals surface area contributed by atoms with Crippen molar-refractivity contribution in [1.82, 2.24) is 15.6 Å². The summed E-state index contributed by atoms with van der Waals surface area (Å²) < 4.78 is 5.25. The van der Waals surface area contributed by atoms with Gasteiger partial charge in [0.25, 0.3) is 5.91 Å². The predicted octanol–water partition coefficient (Wildman–Crippen LogP) is 3.55. The van der Waals surface area contributed by atoms with E-state index in [1.54, 1.807) is 19.4 Å². The van der Waals surface area contributed by atoms with Gasteiger partial charge < -0.3 is 10.1 Å². The van der Waals surface area contributed by atoms with E-state index in [1.807, 2.05) is 55.5 Å². The number of amides is 3. The van der Waals surface area contributed by atoms with Crippen LogP contribution in [0.4, 0.5) is 4.79 Å². The topological polar surface area (TPSA) is 97.4 Å². The van der Waals surface area contributed by atoms with E-state index in [9.17, 15) is 14.4 Å². The number of Topliss-reactive ketones (excluding diaryl/α,β-unsaturated/α-hetero) is 1. The molecular weight excluding hydrogens is 418 g/mol. The minimum Gasteiger partial charge on any atom is -0.497 e. The first kappa shape index (κ1) is 20.9. The Morgan fingerprint density at radius 2 is 1.88 bits per heavy atom. The van der Waals surface area contributed by atoms with Gasteiger partial charge >= 0.3 is 6.03 Å². The van der Waals surface area contributed by atoms with Gasteiger partial charge in [0.15, 0.2) is 5.78 Å². The number of rotatable bonds is 5. The lowest BCUT2D eigenvalue weighted by molar-refractivity contribution is -0.124. The zero-order chi connectivity index (χ0) is 23.2. The number of fused-ring (bicyclic) bond motifs is 1. The highest BCUT2D eigenvalue weighted by Crippen LogP contribution is 2.39. The summed E-state index contributed by atoms with van der Waals surface area (Å²) in [7, 11) is 1.56. The molecule has 33 heavy (non-hydrogen) atoms. The van der Waals surface area contributed by atoms with E-state index >= 15 is 0 Å². The lowest BCUT2D eigenvalue weighted by Crippen LogP contribution is -2.46. The van der Waals surface area contributed by atoms with Crippen molar-refractivity contribution in [2.24, 2.45) is 5.92 Å². The number of nitrogens with one attached hydrogen (secondary N) is 2. The van der Waals surface area contributed by atoms with Gasteiger partial charge in [0, 0.05) is 23.2 Å². The van der Waals surface area contributed by atoms with Gasteiger partial charge in [-0.05, 0) is 54.7 Å². The predicted molar refractivity (Wildman–Crippen MR) is 122 cm³/mol. The SMILES string of the molecule is COc1ccc2c(c1)C(=O)C(C[C@@]1(c3ccc(-c4ncccc4C)cc3)NC(=O)NC1=O)C2. The zero-order valence-electron chi connectivity index (χ0n) is 18.3. The number of ether oxygens (including phenoxy) is 1. The van der Waals surface area contributed by atoms with Crippen LogP contribution in [-0.4, -0.2) is 29.8 Å². The normalized spacial score (nSPS) is 21.5. The fourth-order valence-corrected chi connectivity index (χ4v) is 4.86. The van der Waals surface area contributed by atoms with Crippen molar-refractivity contribution in [3.05, 3.63) is 83.0 Å². The van der Waals surface area contributed by atoms with Crippen LogP contribution in [0.25, 0.3) is 11.3 Å². The molecule has 0 bridgehead atoms. The minimum atomic E-state index is -1.32. The van der Waals surface area contributed by atoms with Gasteiger partial charge in [-0.25, -0.2) is 4.79 Å². The molecule has 166 valence electrons. The van der Waals surface area contributed by atoms with Gasteiger partial charge in [-0.3, -0.25) is 19.9 Å². The van der Waals surface area contributed by atoms with Crippen LogP contribution in [0.1, 0.15) is 33.5 Å². The second kappa shape index (κ2) is 7.85.